The normalized spacial score (nSPS) is 12.8. The predicted molar refractivity (Wildman–Crippen MR) is 169 cm³/mol. The summed E-state index contributed by atoms with van der Waals surface area (Å²) in [6.45, 7) is 10.9. The van der Waals surface area contributed by atoms with Gasteiger partial charge in [0.25, 0.3) is 0 Å². The van der Waals surface area contributed by atoms with Gasteiger partial charge in [0.1, 0.15) is 36.9 Å². The molecule has 6 N–H and O–H groups in total. The topological polar surface area (TPSA) is 124 Å². The lowest BCUT2D eigenvalue weighted by molar-refractivity contribution is 0.104. The molecule has 9 nitrogen and oxygen atoms in total. The van der Waals surface area contributed by atoms with E-state index in [1.165, 1.54) is 0 Å². The van der Waals surface area contributed by atoms with Crippen molar-refractivity contribution in [3.05, 3.63) is 59.7 Å². The molecular formula is C33H54N4O5. The van der Waals surface area contributed by atoms with Gasteiger partial charge in [0.2, 0.25) is 0 Å². The van der Waals surface area contributed by atoms with Crippen LogP contribution in [-0.4, -0.2) is 79.9 Å². The van der Waals surface area contributed by atoms with E-state index in [1.807, 2.05) is 76.2 Å². The number of rotatable bonds is 22. The number of para-hydroxylation sites is 2. The summed E-state index contributed by atoms with van der Waals surface area (Å²) in [5.41, 5.74) is 2.22. The van der Waals surface area contributed by atoms with Crippen LogP contribution in [0.4, 0.5) is 4.79 Å². The second kappa shape index (κ2) is 20.9. The lowest BCUT2D eigenvalue weighted by Gasteiger charge is -2.17. The number of benzene rings is 2. The summed E-state index contributed by atoms with van der Waals surface area (Å²) in [6, 6.07) is 16.3. The van der Waals surface area contributed by atoms with Crippen LogP contribution in [-0.2, 0) is 12.8 Å². The highest BCUT2D eigenvalue weighted by Gasteiger charge is 2.10. The van der Waals surface area contributed by atoms with Crippen molar-refractivity contribution in [2.75, 3.05) is 39.4 Å². The quantitative estimate of drug-likeness (QED) is 0.116. The number of aliphatic hydroxyl groups excluding tert-OH is 2. The van der Waals surface area contributed by atoms with Crippen LogP contribution in [0.2, 0.25) is 0 Å². The Hall–Kier alpha value is -2.85. The van der Waals surface area contributed by atoms with Gasteiger partial charge in [-0.3, -0.25) is 0 Å². The van der Waals surface area contributed by atoms with Crippen LogP contribution < -0.4 is 30.7 Å². The van der Waals surface area contributed by atoms with E-state index < -0.39 is 12.2 Å². The average molecular weight is 587 g/mol. The van der Waals surface area contributed by atoms with Crippen LogP contribution in [0.1, 0.15) is 64.5 Å². The van der Waals surface area contributed by atoms with Crippen LogP contribution in [0.25, 0.3) is 0 Å². The minimum Gasteiger partial charge on any atom is -0.491 e. The summed E-state index contributed by atoms with van der Waals surface area (Å²) in [5.74, 6) is 1.61. The van der Waals surface area contributed by atoms with Crippen molar-refractivity contribution >= 4 is 6.03 Å². The highest BCUT2D eigenvalue weighted by Crippen LogP contribution is 2.21. The van der Waals surface area contributed by atoms with Gasteiger partial charge >= 0.3 is 6.03 Å². The van der Waals surface area contributed by atoms with E-state index in [4.69, 9.17) is 9.47 Å². The smallest absolute Gasteiger partial charge is 0.314 e. The number of hydrogen-bond acceptors (Lipinski definition) is 7. The third-order valence-electron chi connectivity index (χ3n) is 6.65. The van der Waals surface area contributed by atoms with Gasteiger partial charge in [-0.15, -0.1) is 0 Å². The van der Waals surface area contributed by atoms with Gasteiger partial charge in [0.05, 0.1) is 0 Å². The number of carbonyl (C=O) groups is 1. The fourth-order valence-electron chi connectivity index (χ4n) is 4.28. The third kappa shape index (κ3) is 16.0. The van der Waals surface area contributed by atoms with E-state index in [2.05, 4.69) is 21.3 Å². The van der Waals surface area contributed by atoms with E-state index in [0.717, 1.165) is 61.2 Å². The summed E-state index contributed by atoms with van der Waals surface area (Å²) >= 11 is 0. The van der Waals surface area contributed by atoms with Crippen LogP contribution in [0.15, 0.2) is 48.5 Å². The maximum atomic E-state index is 12.2. The Morgan fingerprint density at radius 2 is 1.07 bits per heavy atom. The monoisotopic (exact) mass is 586 g/mol. The molecule has 9 heteroatoms. The zero-order chi connectivity index (χ0) is 30.6. The van der Waals surface area contributed by atoms with Crippen LogP contribution in [0.3, 0.4) is 0 Å². The molecule has 2 aromatic carbocycles. The van der Waals surface area contributed by atoms with Gasteiger partial charge in [-0.1, -0.05) is 64.1 Å². The zero-order valence-electron chi connectivity index (χ0n) is 26.0. The minimum absolute atomic E-state index is 0.143. The Balaban J connectivity index is 1.57. The van der Waals surface area contributed by atoms with E-state index in [0.29, 0.717) is 38.3 Å². The SMILES string of the molecule is CC(C)NC[C@H](O)COc1ccccc1CCCCNC(=O)NCCCCc1ccccc1OC[C@@H](O)CNC(C)C. The molecule has 0 saturated carbocycles. The Bertz CT molecular complexity index is 926. The van der Waals surface area contributed by atoms with Gasteiger partial charge in [-0.05, 0) is 61.8 Å². The van der Waals surface area contributed by atoms with Crippen molar-refractivity contribution in [3.63, 3.8) is 0 Å². The second-order valence-corrected chi connectivity index (χ2v) is 11.4. The number of unbranched alkanes of at least 4 members (excludes halogenated alkanes) is 2. The first-order valence-electron chi connectivity index (χ1n) is 15.5. The Kier molecular flexibility index (Phi) is 17.6. The first-order valence-corrected chi connectivity index (χ1v) is 15.5. The minimum atomic E-state index is -0.560. The predicted octanol–water partition coefficient (Wildman–Crippen LogP) is 3.81. The highest BCUT2D eigenvalue weighted by atomic mass is 16.5. The van der Waals surface area contributed by atoms with Crippen molar-refractivity contribution < 1.29 is 24.5 Å². The van der Waals surface area contributed by atoms with Crippen LogP contribution in [0, 0.1) is 0 Å². The number of carbonyl (C=O) groups excluding carboxylic acids is 1. The number of hydrogen-bond donors (Lipinski definition) is 6. The van der Waals surface area contributed by atoms with Gasteiger partial charge in [0, 0.05) is 38.3 Å². The van der Waals surface area contributed by atoms with Gasteiger partial charge in [-0.25, -0.2) is 4.79 Å². The summed E-state index contributed by atoms with van der Waals surface area (Å²) in [4.78, 5) is 12.2. The molecule has 0 aliphatic carbocycles. The molecule has 2 atom stereocenters. The number of ether oxygens (including phenoxy) is 2. The van der Waals surface area contributed by atoms with E-state index in [9.17, 15) is 15.0 Å². The van der Waals surface area contributed by atoms with Gasteiger partial charge in [-0.2, -0.15) is 0 Å². The Morgan fingerprint density at radius 3 is 1.48 bits per heavy atom. The number of amides is 2. The number of nitrogens with one attached hydrogen (secondary N) is 4. The maximum Gasteiger partial charge on any atom is 0.314 e. The van der Waals surface area contributed by atoms with Crippen LogP contribution >= 0.6 is 0 Å². The fraction of sp³-hybridized carbons (Fsp3) is 0.606. The molecule has 2 aromatic rings. The van der Waals surface area contributed by atoms with Crippen molar-refractivity contribution in [2.45, 2.75) is 90.5 Å². The van der Waals surface area contributed by atoms with Crippen molar-refractivity contribution in [3.8, 4) is 11.5 Å². The molecule has 2 amide bonds. The van der Waals surface area contributed by atoms with Crippen molar-refractivity contribution in [1.29, 1.82) is 0 Å². The largest absolute Gasteiger partial charge is 0.491 e. The van der Waals surface area contributed by atoms with Crippen LogP contribution in [0.5, 0.6) is 11.5 Å². The zero-order valence-corrected chi connectivity index (χ0v) is 26.0. The van der Waals surface area contributed by atoms with E-state index >= 15 is 0 Å². The standard InChI is InChI=1S/C33H54N4O5/c1-25(2)36-21-29(38)23-41-31-17-7-5-13-27(31)15-9-11-19-34-33(40)35-20-12-10-16-28-14-6-8-18-32(28)42-24-30(39)22-37-26(3)4/h5-8,13-14,17-18,25-26,29-30,36-39H,9-12,15-16,19-24H2,1-4H3,(H2,34,35,40)/t29-,30-/m0/s1. The molecule has 0 aliphatic rings. The molecule has 0 aliphatic heterocycles. The Labute approximate surface area is 252 Å². The molecule has 236 valence electrons. The lowest BCUT2D eigenvalue weighted by Crippen LogP contribution is -2.36. The van der Waals surface area contributed by atoms with Crippen molar-refractivity contribution in [2.24, 2.45) is 0 Å². The summed E-state index contributed by atoms with van der Waals surface area (Å²) in [5, 5.41) is 32.5. The molecule has 0 saturated heterocycles. The molecule has 0 unspecified atom stereocenters. The summed E-state index contributed by atoms with van der Waals surface area (Å²) < 4.78 is 11.7. The molecule has 2 rings (SSSR count). The number of aryl methyl sites for hydroxylation is 2. The first-order chi connectivity index (χ1) is 20.2. The van der Waals surface area contributed by atoms with E-state index in [1.54, 1.807) is 0 Å². The van der Waals surface area contributed by atoms with Gasteiger partial charge in [0.15, 0.2) is 0 Å². The maximum absolute atomic E-state index is 12.2. The lowest BCUT2D eigenvalue weighted by atomic mass is 10.1. The highest BCUT2D eigenvalue weighted by molar-refractivity contribution is 5.73. The summed E-state index contributed by atoms with van der Waals surface area (Å²) in [7, 11) is 0. The molecule has 0 fully saturated rings. The van der Waals surface area contributed by atoms with E-state index in [-0.39, 0.29) is 19.2 Å². The first kappa shape index (κ1) is 35.3. The molecule has 42 heavy (non-hydrogen) atoms. The average Bonchev–Trinajstić information content (AvgIpc) is 2.97. The summed E-state index contributed by atoms with van der Waals surface area (Å²) in [6.07, 6.45) is 4.14. The molecule has 0 heterocycles. The molecule has 0 aromatic heterocycles. The molecule has 0 bridgehead atoms. The third-order valence-corrected chi connectivity index (χ3v) is 6.65. The number of urea groups is 1. The number of aliphatic hydroxyl groups is 2. The fourth-order valence-corrected chi connectivity index (χ4v) is 4.28. The molecule has 0 radical (unpaired) electrons. The van der Waals surface area contributed by atoms with Gasteiger partial charge < -0.3 is 41.0 Å². The molecular weight excluding hydrogens is 532 g/mol. The Morgan fingerprint density at radius 1 is 0.667 bits per heavy atom. The molecule has 0 spiro atoms. The van der Waals surface area contributed by atoms with Crippen molar-refractivity contribution in [1.82, 2.24) is 21.3 Å². The second-order valence-electron chi connectivity index (χ2n) is 11.4.